The third-order valence-corrected chi connectivity index (χ3v) is 2.90. The summed E-state index contributed by atoms with van der Waals surface area (Å²) in [5, 5.41) is 8.60. The Balaban J connectivity index is 2.18. The number of rotatable bonds is 4. The van der Waals surface area contributed by atoms with Crippen molar-refractivity contribution in [2.24, 2.45) is 0 Å². The van der Waals surface area contributed by atoms with Crippen molar-refractivity contribution in [3.05, 3.63) is 41.4 Å². The average Bonchev–Trinajstić information content (AvgIpc) is 2.79. The van der Waals surface area contributed by atoms with Crippen LogP contribution < -0.4 is 0 Å². The van der Waals surface area contributed by atoms with Gasteiger partial charge in [-0.25, -0.2) is 4.98 Å². The van der Waals surface area contributed by atoms with Crippen LogP contribution in [0.15, 0.2) is 28.8 Å². The van der Waals surface area contributed by atoms with Crippen LogP contribution in [0.2, 0.25) is 0 Å². The van der Waals surface area contributed by atoms with Gasteiger partial charge in [-0.15, -0.1) is 0 Å². The number of carboxylic acid groups (broad SMARTS) is 1. The molecule has 0 saturated carbocycles. The molecular weight excluding hydrogens is 230 g/mol. The molecule has 0 bridgehead atoms. The predicted molar refractivity (Wildman–Crippen MR) is 67.4 cm³/mol. The first-order valence-corrected chi connectivity index (χ1v) is 5.80. The number of carboxylic acids is 1. The molecule has 0 radical (unpaired) electrons. The zero-order valence-corrected chi connectivity index (χ0v) is 10.4. The Morgan fingerprint density at radius 2 is 2.11 bits per heavy atom. The van der Waals surface area contributed by atoms with Crippen molar-refractivity contribution < 1.29 is 14.3 Å². The fourth-order valence-corrected chi connectivity index (χ4v) is 1.67. The molecule has 2 aromatic rings. The van der Waals surface area contributed by atoms with Gasteiger partial charge in [-0.05, 0) is 31.0 Å². The van der Waals surface area contributed by atoms with Crippen molar-refractivity contribution in [2.45, 2.75) is 26.7 Å². The zero-order valence-electron chi connectivity index (χ0n) is 10.4. The summed E-state index contributed by atoms with van der Waals surface area (Å²) in [6.45, 7) is 4.10. The van der Waals surface area contributed by atoms with Gasteiger partial charge in [0.25, 0.3) is 0 Å². The maximum absolute atomic E-state index is 10.5. The fraction of sp³-hybridized carbons (Fsp3) is 0.286. The van der Waals surface area contributed by atoms with Crippen LogP contribution in [0.3, 0.4) is 0 Å². The average molecular weight is 245 g/mol. The molecule has 4 nitrogen and oxygen atoms in total. The number of oxazole rings is 1. The number of aryl methyl sites for hydroxylation is 3. The Bertz CT molecular complexity index is 572. The molecule has 0 amide bonds. The van der Waals surface area contributed by atoms with Crippen molar-refractivity contribution in [1.82, 2.24) is 4.98 Å². The molecule has 4 heteroatoms. The number of benzene rings is 1. The molecule has 0 aliphatic heterocycles. The minimum Gasteiger partial charge on any atom is -0.481 e. The van der Waals surface area contributed by atoms with E-state index in [2.05, 4.69) is 11.9 Å². The molecule has 0 atom stereocenters. The van der Waals surface area contributed by atoms with Crippen LogP contribution in [-0.2, 0) is 11.2 Å². The van der Waals surface area contributed by atoms with Crippen LogP contribution in [-0.4, -0.2) is 16.1 Å². The first-order valence-electron chi connectivity index (χ1n) is 5.80. The second kappa shape index (κ2) is 5.04. The topological polar surface area (TPSA) is 63.3 Å². The summed E-state index contributed by atoms with van der Waals surface area (Å²) >= 11 is 0. The van der Waals surface area contributed by atoms with E-state index in [0.29, 0.717) is 18.1 Å². The smallest absolute Gasteiger partial charge is 0.303 e. The monoisotopic (exact) mass is 245 g/mol. The Labute approximate surface area is 105 Å². The van der Waals surface area contributed by atoms with Crippen molar-refractivity contribution in [1.29, 1.82) is 0 Å². The lowest BCUT2D eigenvalue weighted by Crippen LogP contribution is -1.97. The highest BCUT2D eigenvalue weighted by molar-refractivity contribution is 5.67. The van der Waals surface area contributed by atoms with E-state index >= 15 is 0 Å². The second-order valence-electron chi connectivity index (χ2n) is 4.31. The van der Waals surface area contributed by atoms with Crippen molar-refractivity contribution in [3.63, 3.8) is 0 Å². The highest BCUT2D eigenvalue weighted by Gasteiger charge is 2.08. The molecule has 0 fully saturated rings. The minimum atomic E-state index is -0.846. The highest BCUT2D eigenvalue weighted by Crippen LogP contribution is 2.23. The third kappa shape index (κ3) is 2.77. The number of aliphatic carboxylic acids is 1. The predicted octanol–water partition coefficient (Wildman–Crippen LogP) is 2.98. The molecule has 0 saturated heterocycles. The largest absolute Gasteiger partial charge is 0.481 e. The van der Waals surface area contributed by atoms with Gasteiger partial charge in [-0.3, -0.25) is 4.79 Å². The van der Waals surface area contributed by atoms with Crippen molar-refractivity contribution in [2.75, 3.05) is 0 Å². The van der Waals surface area contributed by atoms with E-state index in [1.165, 1.54) is 11.1 Å². The summed E-state index contributed by atoms with van der Waals surface area (Å²) in [6.07, 6.45) is 1.99. The van der Waals surface area contributed by atoms with E-state index in [-0.39, 0.29) is 6.42 Å². The molecule has 18 heavy (non-hydrogen) atoms. The van der Waals surface area contributed by atoms with Crippen LogP contribution in [0.25, 0.3) is 11.3 Å². The Kier molecular flexibility index (Phi) is 3.46. The lowest BCUT2D eigenvalue weighted by Gasteiger charge is -2.01. The summed E-state index contributed by atoms with van der Waals surface area (Å²) in [5.74, 6) is 0.296. The molecule has 2 rings (SSSR count). The number of nitrogens with zero attached hydrogens (tertiary/aromatic N) is 1. The molecule has 0 spiro atoms. The standard InChI is InChI=1S/C14H15NO3/c1-9-3-4-11(7-10(9)2)12-8-15-13(18-12)5-6-14(16)17/h3-4,7-8H,5-6H2,1-2H3,(H,16,17). The zero-order chi connectivity index (χ0) is 13.1. The summed E-state index contributed by atoms with van der Waals surface area (Å²) in [4.78, 5) is 14.5. The molecule has 0 unspecified atom stereocenters. The van der Waals surface area contributed by atoms with Crippen LogP contribution in [0.1, 0.15) is 23.4 Å². The van der Waals surface area contributed by atoms with Crippen LogP contribution in [0.5, 0.6) is 0 Å². The second-order valence-corrected chi connectivity index (χ2v) is 4.31. The molecule has 1 heterocycles. The van der Waals surface area contributed by atoms with Gasteiger partial charge in [-0.2, -0.15) is 0 Å². The highest BCUT2D eigenvalue weighted by atomic mass is 16.4. The van der Waals surface area contributed by atoms with E-state index < -0.39 is 5.97 Å². The Morgan fingerprint density at radius 1 is 1.33 bits per heavy atom. The van der Waals surface area contributed by atoms with Gasteiger partial charge >= 0.3 is 5.97 Å². The molecular formula is C14H15NO3. The van der Waals surface area contributed by atoms with Gasteiger partial charge in [0.2, 0.25) is 0 Å². The van der Waals surface area contributed by atoms with Gasteiger partial charge in [0.15, 0.2) is 11.7 Å². The third-order valence-electron chi connectivity index (χ3n) is 2.90. The summed E-state index contributed by atoms with van der Waals surface area (Å²) in [5.41, 5.74) is 3.38. The van der Waals surface area contributed by atoms with Gasteiger partial charge in [-0.1, -0.05) is 12.1 Å². The Hall–Kier alpha value is -2.10. The van der Waals surface area contributed by atoms with Crippen LogP contribution in [0, 0.1) is 13.8 Å². The molecule has 1 aromatic carbocycles. The van der Waals surface area contributed by atoms with Crippen molar-refractivity contribution in [3.8, 4) is 11.3 Å². The van der Waals surface area contributed by atoms with E-state index in [1.54, 1.807) is 6.20 Å². The number of hydrogen-bond donors (Lipinski definition) is 1. The minimum absolute atomic E-state index is 0.0346. The summed E-state index contributed by atoms with van der Waals surface area (Å²) in [7, 11) is 0. The number of aromatic nitrogens is 1. The van der Waals surface area contributed by atoms with Gasteiger partial charge < -0.3 is 9.52 Å². The quantitative estimate of drug-likeness (QED) is 0.899. The van der Waals surface area contributed by atoms with Gasteiger partial charge in [0.1, 0.15) is 0 Å². The van der Waals surface area contributed by atoms with E-state index in [9.17, 15) is 4.79 Å². The number of hydrogen-bond acceptors (Lipinski definition) is 3. The van der Waals surface area contributed by atoms with E-state index in [0.717, 1.165) is 5.56 Å². The Morgan fingerprint density at radius 3 is 2.78 bits per heavy atom. The molecule has 1 aromatic heterocycles. The van der Waals surface area contributed by atoms with Crippen LogP contribution >= 0.6 is 0 Å². The van der Waals surface area contributed by atoms with Gasteiger partial charge in [0.05, 0.1) is 12.6 Å². The molecule has 0 aliphatic rings. The van der Waals surface area contributed by atoms with Crippen LogP contribution in [0.4, 0.5) is 0 Å². The maximum Gasteiger partial charge on any atom is 0.303 e. The summed E-state index contributed by atoms with van der Waals surface area (Å²) in [6, 6.07) is 6.05. The first kappa shape index (κ1) is 12.4. The van der Waals surface area contributed by atoms with Gasteiger partial charge in [0, 0.05) is 12.0 Å². The first-order chi connectivity index (χ1) is 8.56. The number of carbonyl (C=O) groups is 1. The normalized spacial score (nSPS) is 10.6. The van der Waals surface area contributed by atoms with E-state index in [1.807, 2.05) is 25.1 Å². The van der Waals surface area contributed by atoms with E-state index in [4.69, 9.17) is 9.52 Å². The lowest BCUT2D eigenvalue weighted by atomic mass is 10.1. The SMILES string of the molecule is Cc1ccc(-c2cnc(CCC(=O)O)o2)cc1C. The lowest BCUT2D eigenvalue weighted by molar-refractivity contribution is -0.137. The molecule has 94 valence electrons. The fourth-order valence-electron chi connectivity index (χ4n) is 1.67. The molecule has 0 aliphatic carbocycles. The summed E-state index contributed by atoms with van der Waals surface area (Å²) < 4.78 is 5.54. The van der Waals surface area contributed by atoms with Crippen molar-refractivity contribution >= 4 is 5.97 Å². The molecule has 1 N–H and O–H groups in total. The maximum atomic E-state index is 10.5.